The van der Waals surface area contributed by atoms with Crippen LogP contribution in [-0.2, 0) is 11.3 Å². The summed E-state index contributed by atoms with van der Waals surface area (Å²) in [5, 5.41) is 2.44. The van der Waals surface area contributed by atoms with Gasteiger partial charge >= 0.3 is 12.6 Å². The highest BCUT2D eigenvalue weighted by Gasteiger charge is 2.17. The maximum Gasteiger partial charge on any atom is 0.387 e. The fraction of sp³-hybridized carbons (Fsp3) is 0.238. The highest BCUT2D eigenvalue weighted by Crippen LogP contribution is 2.39. The molecule has 31 heavy (non-hydrogen) atoms. The predicted molar refractivity (Wildman–Crippen MR) is 109 cm³/mol. The Kier molecular flexibility index (Phi) is 7.24. The van der Waals surface area contributed by atoms with Crippen molar-refractivity contribution in [1.29, 1.82) is 0 Å². The lowest BCUT2D eigenvalue weighted by Gasteiger charge is -2.11. The molecule has 0 saturated heterocycles. The molecule has 0 bridgehead atoms. The molecule has 0 aliphatic rings. The SMILES string of the molecule is COc1cc(C(=O)OCc2csc(-c3cccc(OC)c3OC)n2)ccc1OC(F)F. The molecular formula is C21H19F2NO6S. The van der Waals surface area contributed by atoms with Gasteiger partial charge in [0.2, 0.25) is 0 Å². The van der Waals surface area contributed by atoms with Crippen molar-refractivity contribution in [2.75, 3.05) is 21.3 Å². The maximum absolute atomic E-state index is 12.4. The lowest BCUT2D eigenvalue weighted by atomic mass is 10.2. The zero-order valence-corrected chi connectivity index (χ0v) is 17.7. The molecule has 10 heteroatoms. The summed E-state index contributed by atoms with van der Waals surface area (Å²) in [6, 6.07) is 9.27. The van der Waals surface area contributed by atoms with E-state index in [1.54, 1.807) is 25.7 Å². The van der Waals surface area contributed by atoms with Crippen molar-refractivity contribution < 1.29 is 37.3 Å². The highest BCUT2D eigenvalue weighted by molar-refractivity contribution is 7.13. The van der Waals surface area contributed by atoms with Gasteiger partial charge in [-0.3, -0.25) is 0 Å². The molecule has 1 aromatic heterocycles. The van der Waals surface area contributed by atoms with Crippen LogP contribution in [-0.4, -0.2) is 38.9 Å². The fourth-order valence-electron chi connectivity index (χ4n) is 2.76. The number of thiazole rings is 1. The zero-order chi connectivity index (χ0) is 22.4. The van der Waals surface area contributed by atoms with Crippen LogP contribution in [0.15, 0.2) is 41.8 Å². The fourth-order valence-corrected chi connectivity index (χ4v) is 3.59. The molecule has 0 atom stereocenters. The van der Waals surface area contributed by atoms with Crippen molar-refractivity contribution in [3.8, 4) is 33.6 Å². The molecule has 1 heterocycles. The number of benzene rings is 2. The zero-order valence-electron chi connectivity index (χ0n) is 16.9. The number of ether oxygens (including phenoxy) is 5. The minimum Gasteiger partial charge on any atom is -0.493 e. The molecule has 0 unspecified atom stereocenters. The average molecular weight is 451 g/mol. The van der Waals surface area contributed by atoms with Crippen molar-refractivity contribution >= 4 is 17.3 Å². The van der Waals surface area contributed by atoms with Crippen LogP contribution in [0, 0.1) is 0 Å². The van der Waals surface area contributed by atoms with E-state index < -0.39 is 12.6 Å². The van der Waals surface area contributed by atoms with Crippen molar-refractivity contribution in [2.45, 2.75) is 13.2 Å². The number of hydrogen-bond donors (Lipinski definition) is 0. The number of carbonyl (C=O) groups excluding carboxylic acids is 1. The first-order valence-corrected chi connectivity index (χ1v) is 9.80. The monoisotopic (exact) mass is 451 g/mol. The van der Waals surface area contributed by atoms with E-state index >= 15 is 0 Å². The molecule has 7 nitrogen and oxygen atoms in total. The van der Waals surface area contributed by atoms with Crippen LogP contribution in [0.4, 0.5) is 8.78 Å². The van der Waals surface area contributed by atoms with Gasteiger partial charge in [0.05, 0.1) is 38.2 Å². The third-order valence-corrected chi connectivity index (χ3v) is 5.08. The highest BCUT2D eigenvalue weighted by atomic mass is 32.1. The van der Waals surface area contributed by atoms with E-state index in [-0.39, 0.29) is 23.7 Å². The quantitative estimate of drug-likeness (QED) is 0.433. The molecule has 0 saturated carbocycles. The lowest BCUT2D eigenvalue weighted by molar-refractivity contribution is -0.0512. The second-order valence-corrected chi connectivity index (χ2v) is 6.86. The van der Waals surface area contributed by atoms with E-state index in [2.05, 4.69) is 9.72 Å². The van der Waals surface area contributed by atoms with Crippen molar-refractivity contribution in [1.82, 2.24) is 4.98 Å². The summed E-state index contributed by atoms with van der Waals surface area (Å²) in [5.74, 6) is 0.300. The van der Waals surface area contributed by atoms with Gasteiger partial charge in [0.1, 0.15) is 11.6 Å². The number of rotatable bonds is 9. The number of hydrogen-bond acceptors (Lipinski definition) is 8. The largest absolute Gasteiger partial charge is 0.493 e. The van der Waals surface area contributed by atoms with Gasteiger partial charge in [-0.1, -0.05) is 6.07 Å². The summed E-state index contributed by atoms with van der Waals surface area (Å²) in [6.45, 7) is -3.08. The normalized spacial score (nSPS) is 10.6. The first kappa shape index (κ1) is 22.3. The van der Waals surface area contributed by atoms with Crippen LogP contribution in [0.25, 0.3) is 10.6 Å². The molecule has 0 fully saturated rings. The Balaban J connectivity index is 1.71. The van der Waals surface area contributed by atoms with E-state index in [0.717, 1.165) is 5.56 Å². The van der Waals surface area contributed by atoms with Gasteiger partial charge in [-0.2, -0.15) is 8.78 Å². The molecule has 3 aromatic rings. The number of nitrogens with zero attached hydrogens (tertiary/aromatic N) is 1. The smallest absolute Gasteiger partial charge is 0.387 e. The van der Waals surface area contributed by atoms with Gasteiger partial charge < -0.3 is 23.7 Å². The van der Waals surface area contributed by atoms with E-state index in [1.165, 1.54) is 36.6 Å². The van der Waals surface area contributed by atoms with Crippen LogP contribution >= 0.6 is 11.3 Å². The molecule has 0 N–H and O–H groups in total. The molecule has 0 spiro atoms. The van der Waals surface area contributed by atoms with E-state index in [1.807, 2.05) is 12.1 Å². The first-order valence-electron chi connectivity index (χ1n) is 8.92. The maximum atomic E-state index is 12.4. The number of para-hydroxylation sites is 1. The third-order valence-electron chi connectivity index (χ3n) is 4.15. The Bertz CT molecular complexity index is 1060. The Morgan fingerprint density at radius 3 is 2.48 bits per heavy atom. The number of carbonyl (C=O) groups is 1. The van der Waals surface area contributed by atoms with E-state index in [4.69, 9.17) is 18.9 Å². The number of aromatic nitrogens is 1. The molecule has 2 aromatic carbocycles. The molecule has 164 valence electrons. The summed E-state index contributed by atoms with van der Waals surface area (Å²) < 4.78 is 50.2. The van der Waals surface area contributed by atoms with Gasteiger partial charge in [-0.25, -0.2) is 9.78 Å². The number of methoxy groups -OCH3 is 3. The van der Waals surface area contributed by atoms with Gasteiger partial charge in [0, 0.05) is 5.38 Å². The first-order chi connectivity index (χ1) is 15.0. The second-order valence-electron chi connectivity index (χ2n) is 6.01. The van der Waals surface area contributed by atoms with Gasteiger partial charge in [-0.05, 0) is 30.3 Å². The van der Waals surface area contributed by atoms with E-state index in [9.17, 15) is 13.6 Å². The predicted octanol–water partition coefficient (Wildman–Crippen LogP) is 4.79. The summed E-state index contributed by atoms with van der Waals surface area (Å²) in [6.07, 6.45) is 0. The average Bonchev–Trinajstić information content (AvgIpc) is 3.25. The van der Waals surface area contributed by atoms with Crippen LogP contribution in [0.2, 0.25) is 0 Å². The molecule has 0 radical (unpaired) electrons. The van der Waals surface area contributed by atoms with Crippen LogP contribution < -0.4 is 18.9 Å². The second kappa shape index (κ2) is 10.1. The molecule has 3 rings (SSSR count). The van der Waals surface area contributed by atoms with Crippen LogP contribution in [0.5, 0.6) is 23.0 Å². The van der Waals surface area contributed by atoms with Gasteiger partial charge in [0.15, 0.2) is 23.0 Å². The molecule has 0 aliphatic heterocycles. The van der Waals surface area contributed by atoms with Gasteiger partial charge in [0.25, 0.3) is 0 Å². The minimum atomic E-state index is -3.01. The van der Waals surface area contributed by atoms with Crippen LogP contribution in [0.3, 0.4) is 0 Å². The summed E-state index contributed by atoms with van der Waals surface area (Å²) in [7, 11) is 4.38. The van der Waals surface area contributed by atoms with Gasteiger partial charge in [-0.15, -0.1) is 11.3 Å². The van der Waals surface area contributed by atoms with Crippen molar-refractivity contribution in [3.05, 3.63) is 53.0 Å². The number of esters is 1. The number of alkyl halides is 2. The summed E-state index contributed by atoms with van der Waals surface area (Å²) in [5.41, 5.74) is 1.43. The lowest BCUT2D eigenvalue weighted by Crippen LogP contribution is -2.07. The molecule has 0 aliphatic carbocycles. The standard InChI is InChI=1S/C21H19F2NO6S/c1-26-16-6-4-5-14(18(16)28-3)19-24-13(11-31-19)10-29-20(25)12-7-8-15(30-21(22)23)17(9-12)27-2/h4-9,11,21H,10H2,1-3H3. The van der Waals surface area contributed by atoms with Crippen molar-refractivity contribution in [2.24, 2.45) is 0 Å². The Morgan fingerprint density at radius 2 is 1.81 bits per heavy atom. The number of halogens is 2. The molecular weight excluding hydrogens is 432 g/mol. The molecule has 0 amide bonds. The Morgan fingerprint density at radius 1 is 1.03 bits per heavy atom. The van der Waals surface area contributed by atoms with E-state index in [0.29, 0.717) is 22.2 Å². The summed E-state index contributed by atoms with van der Waals surface area (Å²) in [4.78, 5) is 16.8. The third kappa shape index (κ3) is 5.21. The topological polar surface area (TPSA) is 76.1 Å². The Labute approximate surface area is 181 Å². The minimum absolute atomic E-state index is 0.00388. The summed E-state index contributed by atoms with van der Waals surface area (Å²) >= 11 is 1.37. The van der Waals surface area contributed by atoms with Crippen molar-refractivity contribution in [3.63, 3.8) is 0 Å². The van der Waals surface area contributed by atoms with Crippen LogP contribution in [0.1, 0.15) is 16.1 Å². The Hall–Kier alpha value is -3.40.